The number of halogens is 2. The molecule has 32 heavy (non-hydrogen) atoms. The Hall–Kier alpha value is -1.72. The van der Waals surface area contributed by atoms with Gasteiger partial charge in [-0.1, -0.05) is 23.7 Å². The van der Waals surface area contributed by atoms with Crippen molar-refractivity contribution >= 4 is 43.6 Å². The van der Waals surface area contributed by atoms with Gasteiger partial charge < -0.3 is 9.64 Å². The number of carbonyl (C=O) groups is 1. The van der Waals surface area contributed by atoms with Crippen LogP contribution in [0.25, 0.3) is 0 Å². The number of aromatic nitrogens is 1. The highest BCUT2D eigenvalue weighted by atomic mass is 79.9. The summed E-state index contributed by atoms with van der Waals surface area (Å²) < 4.78 is 34.6. The molecule has 1 aromatic heterocycles. The first-order valence-electron chi connectivity index (χ1n) is 9.89. The smallest absolute Gasteiger partial charge is 0.264 e. The number of hydrogen-bond donors (Lipinski definition) is 0. The zero-order valence-electron chi connectivity index (χ0n) is 18.0. The number of nitrogens with zero attached hydrogens (tertiary/aromatic N) is 3. The summed E-state index contributed by atoms with van der Waals surface area (Å²) in [7, 11) is -2.07. The molecule has 0 saturated carbocycles. The molecule has 2 heterocycles. The molecule has 11 heteroatoms. The molecule has 0 N–H and O–H groups in total. The molecule has 1 aliphatic rings. The van der Waals surface area contributed by atoms with E-state index in [1.807, 2.05) is 24.3 Å². The SMILES string of the molecule is COc1ccc(CN2CCN(C(C)=O)C(c3cc(Cl)nc(Br)c3)C2COS(C)(=O)=O)cc1. The topological polar surface area (TPSA) is 89.0 Å². The molecule has 2 aromatic rings. The van der Waals surface area contributed by atoms with Gasteiger partial charge in [0.05, 0.1) is 32.1 Å². The number of carbonyl (C=O) groups excluding carboxylic acids is 1. The Bertz CT molecular complexity index is 1050. The Morgan fingerprint density at radius 2 is 1.94 bits per heavy atom. The third-order valence-electron chi connectivity index (χ3n) is 5.33. The van der Waals surface area contributed by atoms with Gasteiger partial charge in [0.1, 0.15) is 15.5 Å². The largest absolute Gasteiger partial charge is 0.497 e. The molecular formula is C21H25BrClN3O5S. The lowest BCUT2D eigenvalue weighted by Crippen LogP contribution is -2.57. The minimum Gasteiger partial charge on any atom is -0.497 e. The van der Waals surface area contributed by atoms with E-state index in [9.17, 15) is 13.2 Å². The standard InChI is InChI=1S/C21H25BrClN3O5S/c1-14(27)26-9-8-25(12-15-4-6-17(30-2)7-5-15)18(13-31-32(3,28)29)21(26)16-10-19(22)24-20(23)11-16/h4-7,10-11,18,21H,8-9,12-13H2,1-3H3. The number of pyridine rings is 1. The normalized spacial score (nSPS) is 19.7. The molecule has 174 valence electrons. The van der Waals surface area contributed by atoms with E-state index in [2.05, 4.69) is 25.8 Å². The van der Waals surface area contributed by atoms with Crippen LogP contribution in [0.4, 0.5) is 0 Å². The number of methoxy groups -OCH3 is 1. The average Bonchev–Trinajstić information content (AvgIpc) is 2.71. The first-order chi connectivity index (χ1) is 15.1. The Morgan fingerprint density at radius 1 is 1.25 bits per heavy atom. The van der Waals surface area contributed by atoms with Gasteiger partial charge in [0.25, 0.3) is 10.1 Å². The molecule has 1 saturated heterocycles. The van der Waals surface area contributed by atoms with Crippen molar-refractivity contribution in [2.75, 3.05) is 33.1 Å². The van der Waals surface area contributed by atoms with Crippen LogP contribution in [-0.2, 0) is 25.6 Å². The highest BCUT2D eigenvalue weighted by Crippen LogP contribution is 2.35. The van der Waals surface area contributed by atoms with Gasteiger partial charge in [0.2, 0.25) is 5.91 Å². The molecule has 0 spiro atoms. The van der Waals surface area contributed by atoms with Crippen molar-refractivity contribution in [1.29, 1.82) is 0 Å². The molecule has 2 unspecified atom stereocenters. The quantitative estimate of drug-likeness (QED) is 0.389. The van der Waals surface area contributed by atoms with Crippen molar-refractivity contribution in [2.24, 2.45) is 0 Å². The van der Waals surface area contributed by atoms with Crippen LogP contribution in [0.15, 0.2) is 41.0 Å². The summed E-state index contributed by atoms with van der Waals surface area (Å²) in [5, 5.41) is 0.271. The highest BCUT2D eigenvalue weighted by molar-refractivity contribution is 9.10. The fraction of sp³-hybridized carbons (Fsp3) is 0.429. The maximum Gasteiger partial charge on any atom is 0.264 e. The van der Waals surface area contributed by atoms with Gasteiger partial charge in [-0.25, -0.2) is 4.98 Å². The Kier molecular flexibility index (Phi) is 8.16. The number of benzene rings is 1. The summed E-state index contributed by atoms with van der Waals surface area (Å²) in [5.41, 5.74) is 1.77. The molecule has 0 radical (unpaired) electrons. The van der Waals surface area contributed by atoms with Gasteiger partial charge in [0.15, 0.2) is 0 Å². The molecule has 1 aromatic carbocycles. The molecule has 1 amide bonds. The van der Waals surface area contributed by atoms with Crippen molar-refractivity contribution in [3.63, 3.8) is 0 Å². The molecule has 3 rings (SSSR count). The van der Waals surface area contributed by atoms with Crippen molar-refractivity contribution in [3.8, 4) is 5.75 Å². The van der Waals surface area contributed by atoms with E-state index in [1.165, 1.54) is 6.92 Å². The molecule has 8 nitrogen and oxygen atoms in total. The van der Waals surface area contributed by atoms with Crippen LogP contribution in [0.5, 0.6) is 5.75 Å². The molecular weight excluding hydrogens is 522 g/mol. The predicted molar refractivity (Wildman–Crippen MR) is 125 cm³/mol. The number of hydrogen-bond acceptors (Lipinski definition) is 7. The fourth-order valence-corrected chi connectivity index (χ4v) is 5.07. The molecule has 1 fully saturated rings. The van der Waals surface area contributed by atoms with E-state index >= 15 is 0 Å². The van der Waals surface area contributed by atoms with Gasteiger partial charge in [-0.05, 0) is 51.3 Å². The monoisotopic (exact) mass is 545 g/mol. The van der Waals surface area contributed by atoms with Crippen LogP contribution < -0.4 is 4.74 Å². The van der Waals surface area contributed by atoms with Crippen LogP contribution >= 0.6 is 27.5 Å². The van der Waals surface area contributed by atoms with Crippen LogP contribution in [0.1, 0.15) is 24.1 Å². The number of rotatable bonds is 7. The van der Waals surface area contributed by atoms with Crippen LogP contribution in [0, 0.1) is 0 Å². The maximum atomic E-state index is 12.5. The fourth-order valence-electron chi connectivity index (χ4n) is 3.91. The first kappa shape index (κ1) is 24.9. The summed E-state index contributed by atoms with van der Waals surface area (Å²) in [4.78, 5) is 20.5. The van der Waals surface area contributed by atoms with Crippen molar-refractivity contribution < 1.29 is 22.1 Å². The van der Waals surface area contributed by atoms with Crippen LogP contribution in [0.2, 0.25) is 5.15 Å². The zero-order valence-corrected chi connectivity index (χ0v) is 21.2. The lowest BCUT2D eigenvalue weighted by atomic mass is 9.94. The molecule has 2 atom stereocenters. The first-order valence-corrected chi connectivity index (χ1v) is 12.9. The maximum absolute atomic E-state index is 12.5. The van der Waals surface area contributed by atoms with Crippen molar-refractivity contribution in [3.05, 3.63) is 57.3 Å². The van der Waals surface area contributed by atoms with E-state index < -0.39 is 22.2 Å². The second-order valence-corrected chi connectivity index (χ2v) is 10.4. The third-order valence-corrected chi connectivity index (χ3v) is 6.49. The van der Waals surface area contributed by atoms with Gasteiger partial charge >= 0.3 is 0 Å². The second-order valence-electron chi connectivity index (χ2n) is 7.58. The van der Waals surface area contributed by atoms with Gasteiger partial charge in [-0.3, -0.25) is 13.9 Å². The predicted octanol–water partition coefficient (Wildman–Crippen LogP) is 3.26. The highest BCUT2D eigenvalue weighted by Gasteiger charge is 2.40. The summed E-state index contributed by atoms with van der Waals surface area (Å²) >= 11 is 9.55. The van der Waals surface area contributed by atoms with E-state index in [1.54, 1.807) is 24.1 Å². The van der Waals surface area contributed by atoms with Gasteiger partial charge in [0, 0.05) is 26.6 Å². The van der Waals surface area contributed by atoms with Gasteiger partial charge in [-0.2, -0.15) is 8.42 Å². The molecule has 1 aliphatic heterocycles. The lowest BCUT2D eigenvalue weighted by molar-refractivity contribution is -0.137. The number of piperazine rings is 1. The minimum absolute atomic E-state index is 0.110. The third kappa shape index (κ3) is 6.41. The zero-order chi connectivity index (χ0) is 23.5. The number of ether oxygens (including phenoxy) is 1. The van der Waals surface area contributed by atoms with Crippen molar-refractivity contribution in [2.45, 2.75) is 25.6 Å². The lowest BCUT2D eigenvalue weighted by Gasteiger charge is -2.47. The summed E-state index contributed by atoms with van der Waals surface area (Å²) in [5.74, 6) is 0.633. The van der Waals surface area contributed by atoms with E-state index in [-0.39, 0.29) is 17.7 Å². The Labute approximate surface area is 201 Å². The average molecular weight is 547 g/mol. The second kappa shape index (κ2) is 10.5. The summed E-state index contributed by atoms with van der Waals surface area (Å²) in [6.07, 6.45) is 1.02. The molecule has 0 aliphatic carbocycles. The Morgan fingerprint density at radius 3 is 2.50 bits per heavy atom. The summed E-state index contributed by atoms with van der Waals surface area (Å²) in [6.45, 7) is 2.96. The van der Waals surface area contributed by atoms with E-state index in [0.717, 1.165) is 23.1 Å². The van der Waals surface area contributed by atoms with E-state index in [4.69, 9.17) is 20.5 Å². The van der Waals surface area contributed by atoms with Crippen molar-refractivity contribution in [1.82, 2.24) is 14.8 Å². The Balaban J connectivity index is 2.00. The minimum atomic E-state index is -3.68. The van der Waals surface area contributed by atoms with E-state index in [0.29, 0.717) is 24.2 Å². The number of amides is 1. The summed E-state index contributed by atoms with van der Waals surface area (Å²) in [6, 6.07) is 10.2. The van der Waals surface area contributed by atoms with Crippen LogP contribution in [0.3, 0.4) is 0 Å². The van der Waals surface area contributed by atoms with Crippen LogP contribution in [-0.4, -0.2) is 68.2 Å². The van der Waals surface area contributed by atoms with Gasteiger partial charge in [-0.15, -0.1) is 0 Å². The molecule has 0 bridgehead atoms.